The lowest BCUT2D eigenvalue weighted by Gasteiger charge is -2.08. The number of carboxylic acid groups (broad SMARTS) is 1. The van der Waals surface area contributed by atoms with Gasteiger partial charge in [0.25, 0.3) is 6.43 Å². The number of aromatic nitrogens is 1. The molecule has 0 amide bonds. The molecule has 0 aliphatic rings. The monoisotopic (exact) mass is 251 g/mol. The van der Waals surface area contributed by atoms with Crippen LogP contribution in [0.5, 0.6) is 5.75 Å². The molecule has 0 saturated carbocycles. The number of hydrogen-bond donors (Lipinski definition) is 2. The molecule has 0 spiro atoms. The molecule has 1 heterocycles. The largest absolute Gasteiger partial charge is 0.505 e. The van der Waals surface area contributed by atoms with Crippen LogP contribution < -0.4 is 0 Å². The van der Waals surface area contributed by atoms with Crippen LogP contribution in [0.2, 0.25) is 0 Å². The van der Waals surface area contributed by atoms with Crippen molar-refractivity contribution >= 4 is 17.6 Å². The van der Waals surface area contributed by atoms with Gasteiger partial charge in [-0.1, -0.05) is 0 Å². The normalized spacial score (nSPS) is 10.8. The van der Waals surface area contributed by atoms with Crippen LogP contribution in [0.1, 0.15) is 23.4 Å². The number of hydrogen-bond acceptors (Lipinski definition) is 3. The third kappa shape index (κ3) is 2.79. The maximum atomic E-state index is 12.4. The van der Waals surface area contributed by atoms with E-state index >= 15 is 0 Å². The van der Waals surface area contributed by atoms with E-state index in [1.807, 2.05) is 0 Å². The van der Waals surface area contributed by atoms with Gasteiger partial charge in [-0.05, 0) is 6.07 Å². The molecule has 4 nitrogen and oxygen atoms in total. The molecule has 0 fully saturated rings. The second-order valence-electron chi connectivity index (χ2n) is 3.01. The third-order valence-electron chi connectivity index (χ3n) is 1.83. The highest BCUT2D eigenvalue weighted by molar-refractivity contribution is 6.17. The molecule has 0 aliphatic heterocycles. The highest BCUT2D eigenvalue weighted by Gasteiger charge is 2.19. The second-order valence-corrected chi connectivity index (χ2v) is 3.28. The first-order chi connectivity index (χ1) is 7.45. The fourth-order valence-corrected chi connectivity index (χ4v) is 1.38. The van der Waals surface area contributed by atoms with Crippen molar-refractivity contribution in [1.29, 1.82) is 0 Å². The average molecular weight is 252 g/mol. The summed E-state index contributed by atoms with van der Waals surface area (Å²) in [5.41, 5.74) is -0.853. The molecule has 0 aromatic carbocycles. The summed E-state index contributed by atoms with van der Waals surface area (Å²) >= 11 is 5.44. The number of pyridine rings is 1. The highest BCUT2D eigenvalue weighted by Crippen LogP contribution is 2.31. The SMILES string of the molecule is O=C(O)Cc1cc(CCl)c(O)c(C(F)F)n1. The maximum Gasteiger partial charge on any atom is 0.309 e. The first kappa shape index (κ1) is 12.6. The molecule has 7 heteroatoms. The van der Waals surface area contributed by atoms with Crippen LogP contribution in [0.25, 0.3) is 0 Å². The van der Waals surface area contributed by atoms with Gasteiger partial charge in [0.2, 0.25) is 0 Å². The minimum atomic E-state index is -2.98. The molecule has 0 aliphatic carbocycles. The number of alkyl halides is 3. The van der Waals surface area contributed by atoms with Gasteiger partial charge in [-0.3, -0.25) is 4.79 Å². The Morgan fingerprint density at radius 2 is 2.19 bits per heavy atom. The van der Waals surface area contributed by atoms with Gasteiger partial charge >= 0.3 is 5.97 Å². The molecule has 88 valence electrons. The maximum absolute atomic E-state index is 12.4. The number of carbonyl (C=O) groups is 1. The van der Waals surface area contributed by atoms with Crippen molar-refractivity contribution < 1.29 is 23.8 Å². The van der Waals surface area contributed by atoms with Gasteiger partial charge in [-0.15, -0.1) is 11.6 Å². The summed E-state index contributed by atoms with van der Waals surface area (Å²) in [5, 5.41) is 17.8. The van der Waals surface area contributed by atoms with Crippen LogP contribution in [0.3, 0.4) is 0 Å². The Kier molecular flexibility index (Phi) is 4.00. The number of aliphatic carboxylic acids is 1. The topological polar surface area (TPSA) is 70.4 Å². The number of aromatic hydroxyl groups is 1. The summed E-state index contributed by atoms with van der Waals surface area (Å²) in [6, 6.07) is 1.20. The molecule has 1 aromatic heterocycles. The summed E-state index contributed by atoms with van der Waals surface area (Å²) in [4.78, 5) is 13.8. The molecule has 0 bridgehead atoms. The van der Waals surface area contributed by atoms with E-state index in [4.69, 9.17) is 16.7 Å². The van der Waals surface area contributed by atoms with Gasteiger partial charge in [-0.2, -0.15) is 0 Å². The van der Waals surface area contributed by atoms with Crippen LogP contribution in [0.15, 0.2) is 6.07 Å². The first-order valence-corrected chi connectivity index (χ1v) is 4.76. The second kappa shape index (κ2) is 5.07. The number of halogens is 3. The zero-order valence-corrected chi connectivity index (χ0v) is 8.71. The van der Waals surface area contributed by atoms with Gasteiger partial charge in [0.1, 0.15) is 11.4 Å². The van der Waals surface area contributed by atoms with Gasteiger partial charge in [0, 0.05) is 5.56 Å². The van der Waals surface area contributed by atoms with Crippen molar-refractivity contribution in [2.75, 3.05) is 0 Å². The van der Waals surface area contributed by atoms with Crippen molar-refractivity contribution in [3.05, 3.63) is 23.0 Å². The quantitative estimate of drug-likeness (QED) is 0.804. The standard InChI is InChI=1S/C9H8ClF2NO3/c10-3-4-1-5(2-6(14)15)13-7(8(4)16)9(11)12/h1,9,16H,2-3H2,(H,14,15). The number of carboxylic acids is 1. The Balaban J connectivity index is 3.22. The summed E-state index contributed by atoms with van der Waals surface area (Å²) in [5.74, 6) is -2.07. The Hall–Kier alpha value is -1.43. The van der Waals surface area contributed by atoms with Crippen LogP contribution >= 0.6 is 11.6 Å². The van der Waals surface area contributed by atoms with Crippen LogP contribution in [0, 0.1) is 0 Å². The molecule has 16 heavy (non-hydrogen) atoms. The van der Waals surface area contributed by atoms with E-state index in [1.165, 1.54) is 6.07 Å². The molecule has 2 N–H and O–H groups in total. The minimum Gasteiger partial charge on any atom is -0.505 e. The van der Waals surface area contributed by atoms with Crippen molar-refractivity contribution in [3.63, 3.8) is 0 Å². The van der Waals surface area contributed by atoms with E-state index in [2.05, 4.69) is 4.98 Å². The summed E-state index contributed by atoms with van der Waals surface area (Å²) in [6.45, 7) is 0. The van der Waals surface area contributed by atoms with Crippen molar-refractivity contribution in [3.8, 4) is 5.75 Å². The fourth-order valence-electron chi connectivity index (χ4n) is 1.17. The summed E-state index contributed by atoms with van der Waals surface area (Å²) < 4.78 is 24.9. The van der Waals surface area contributed by atoms with E-state index in [1.54, 1.807) is 0 Å². The highest BCUT2D eigenvalue weighted by atomic mass is 35.5. The molecule has 1 aromatic rings. The zero-order valence-electron chi connectivity index (χ0n) is 7.95. The van der Waals surface area contributed by atoms with Gasteiger partial charge in [0.05, 0.1) is 18.0 Å². The van der Waals surface area contributed by atoms with Gasteiger partial charge < -0.3 is 10.2 Å². The lowest BCUT2D eigenvalue weighted by Crippen LogP contribution is -2.06. The Morgan fingerprint density at radius 3 is 2.62 bits per heavy atom. The minimum absolute atomic E-state index is 0.0446. The van der Waals surface area contributed by atoms with E-state index in [-0.39, 0.29) is 17.1 Å². The predicted molar refractivity (Wildman–Crippen MR) is 51.8 cm³/mol. The fraction of sp³-hybridized carbons (Fsp3) is 0.333. The van der Waals surface area contributed by atoms with E-state index in [0.717, 1.165) is 0 Å². The zero-order chi connectivity index (χ0) is 12.3. The molecule has 0 radical (unpaired) electrons. The molecule has 0 atom stereocenters. The summed E-state index contributed by atoms with van der Waals surface area (Å²) in [7, 11) is 0. The Bertz CT molecular complexity index is 412. The third-order valence-corrected chi connectivity index (χ3v) is 2.12. The Labute approximate surface area is 94.5 Å². The van der Waals surface area contributed by atoms with Crippen molar-refractivity contribution in [2.45, 2.75) is 18.7 Å². The average Bonchev–Trinajstić information content (AvgIpc) is 2.19. The lowest BCUT2D eigenvalue weighted by atomic mass is 10.1. The summed E-state index contributed by atoms with van der Waals surface area (Å²) in [6.07, 6.45) is -3.47. The number of rotatable bonds is 4. The van der Waals surface area contributed by atoms with E-state index in [0.29, 0.717) is 0 Å². The molecular weight excluding hydrogens is 244 g/mol. The van der Waals surface area contributed by atoms with E-state index < -0.39 is 30.3 Å². The molecular formula is C9H8ClF2NO3. The molecule has 0 saturated heterocycles. The first-order valence-electron chi connectivity index (χ1n) is 4.23. The molecule has 1 rings (SSSR count). The van der Waals surface area contributed by atoms with Crippen LogP contribution in [0.4, 0.5) is 8.78 Å². The van der Waals surface area contributed by atoms with Crippen molar-refractivity contribution in [1.82, 2.24) is 4.98 Å². The van der Waals surface area contributed by atoms with Crippen LogP contribution in [-0.2, 0) is 17.1 Å². The van der Waals surface area contributed by atoms with Crippen LogP contribution in [-0.4, -0.2) is 21.2 Å². The van der Waals surface area contributed by atoms with E-state index in [9.17, 15) is 18.7 Å². The smallest absolute Gasteiger partial charge is 0.309 e. The predicted octanol–water partition coefficient (Wildman–Crippen LogP) is 2.09. The van der Waals surface area contributed by atoms with Crippen molar-refractivity contribution in [2.24, 2.45) is 0 Å². The van der Waals surface area contributed by atoms with Gasteiger partial charge in [-0.25, -0.2) is 13.8 Å². The van der Waals surface area contributed by atoms with Gasteiger partial charge in [0.15, 0.2) is 0 Å². The molecule has 0 unspecified atom stereocenters. The Morgan fingerprint density at radius 1 is 1.56 bits per heavy atom. The number of nitrogens with zero attached hydrogens (tertiary/aromatic N) is 1. The lowest BCUT2D eigenvalue weighted by molar-refractivity contribution is -0.136.